The monoisotopic (exact) mass is 250 g/mol. The Balaban J connectivity index is 2.74. The lowest BCUT2D eigenvalue weighted by Crippen LogP contribution is -2.19. The molecule has 1 rings (SSSR count). The molecule has 0 radical (unpaired) electrons. The molecule has 1 atom stereocenters. The molecule has 2 N–H and O–H groups in total. The van der Waals surface area contributed by atoms with E-state index in [4.69, 9.17) is 5.26 Å². The molecule has 0 aliphatic rings. The van der Waals surface area contributed by atoms with Crippen LogP contribution >= 0.6 is 11.8 Å². The second kappa shape index (κ2) is 7.21. The second-order valence-electron chi connectivity index (χ2n) is 3.82. The minimum absolute atomic E-state index is 0.357. The van der Waals surface area contributed by atoms with E-state index in [1.807, 2.05) is 31.4 Å². The van der Waals surface area contributed by atoms with E-state index >= 15 is 0 Å². The molecule has 3 nitrogen and oxygen atoms in total. The number of rotatable bonds is 6. The fourth-order valence-corrected chi connectivity index (χ4v) is 2.20. The fraction of sp³-hybridized carbons (Fsp3) is 0.462. The highest BCUT2D eigenvalue weighted by Crippen LogP contribution is 2.26. The Morgan fingerprint density at radius 3 is 2.88 bits per heavy atom. The van der Waals surface area contributed by atoms with Gasteiger partial charge in [0.15, 0.2) is 0 Å². The number of anilines is 1. The van der Waals surface area contributed by atoms with E-state index in [1.165, 1.54) is 0 Å². The van der Waals surface area contributed by atoms with Gasteiger partial charge in [0.2, 0.25) is 0 Å². The smallest absolute Gasteiger partial charge is 0.102 e. The van der Waals surface area contributed by atoms with Crippen molar-refractivity contribution in [3.8, 4) is 6.07 Å². The molecular formula is C13H18N2OS. The minimum Gasteiger partial charge on any atom is -0.391 e. The van der Waals surface area contributed by atoms with E-state index in [1.54, 1.807) is 11.8 Å². The summed E-state index contributed by atoms with van der Waals surface area (Å²) < 4.78 is 0. The zero-order valence-corrected chi connectivity index (χ0v) is 11.0. The molecule has 0 aromatic heterocycles. The first kappa shape index (κ1) is 13.9. The van der Waals surface area contributed by atoms with Crippen LogP contribution in [0.4, 0.5) is 5.69 Å². The molecule has 92 valence electrons. The number of hydrogen-bond donors (Lipinski definition) is 2. The van der Waals surface area contributed by atoms with E-state index in [-0.39, 0.29) is 6.10 Å². The van der Waals surface area contributed by atoms with Crippen LogP contribution in [0.15, 0.2) is 23.1 Å². The first-order chi connectivity index (χ1) is 8.22. The lowest BCUT2D eigenvalue weighted by Gasteiger charge is -2.14. The zero-order valence-electron chi connectivity index (χ0n) is 10.2. The maximum absolute atomic E-state index is 9.65. The Morgan fingerprint density at radius 2 is 2.29 bits per heavy atom. The molecular weight excluding hydrogens is 232 g/mol. The van der Waals surface area contributed by atoms with Crippen molar-refractivity contribution in [1.29, 1.82) is 5.26 Å². The molecule has 0 bridgehead atoms. The maximum atomic E-state index is 9.65. The number of aliphatic hydroxyl groups excluding tert-OH is 1. The largest absolute Gasteiger partial charge is 0.391 e. The molecule has 0 saturated heterocycles. The molecule has 0 amide bonds. The predicted octanol–water partition coefficient (Wildman–Crippen LogP) is 2.85. The van der Waals surface area contributed by atoms with Gasteiger partial charge in [0.1, 0.15) is 6.07 Å². The fourth-order valence-electron chi connectivity index (χ4n) is 1.63. The van der Waals surface area contributed by atoms with Crippen LogP contribution in [0.25, 0.3) is 0 Å². The summed E-state index contributed by atoms with van der Waals surface area (Å²) >= 11 is 1.55. The summed E-state index contributed by atoms with van der Waals surface area (Å²) in [6.45, 7) is 2.53. The normalized spacial score (nSPS) is 11.9. The topological polar surface area (TPSA) is 56.0 Å². The third kappa shape index (κ3) is 3.95. The molecule has 4 heteroatoms. The Labute approximate surface area is 107 Å². The summed E-state index contributed by atoms with van der Waals surface area (Å²) in [6.07, 6.45) is 3.33. The van der Waals surface area contributed by atoms with Crippen molar-refractivity contribution in [1.82, 2.24) is 0 Å². The SMILES string of the molecule is CCCC(O)CNc1cccc(SC)c1C#N. The zero-order chi connectivity index (χ0) is 12.7. The van der Waals surface area contributed by atoms with Crippen LogP contribution in [0.5, 0.6) is 0 Å². The van der Waals surface area contributed by atoms with Gasteiger partial charge in [-0.05, 0) is 24.8 Å². The van der Waals surface area contributed by atoms with Gasteiger partial charge >= 0.3 is 0 Å². The number of benzene rings is 1. The molecule has 0 aliphatic carbocycles. The van der Waals surface area contributed by atoms with E-state index < -0.39 is 0 Å². The van der Waals surface area contributed by atoms with Gasteiger partial charge < -0.3 is 10.4 Å². The van der Waals surface area contributed by atoms with Gasteiger partial charge in [0, 0.05) is 11.4 Å². The average molecular weight is 250 g/mol. The van der Waals surface area contributed by atoms with Crippen LogP contribution < -0.4 is 5.32 Å². The standard InChI is InChI=1S/C13H18N2OS/c1-3-5-10(16)9-15-12-6-4-7-13(17-2)11(12)8-14/h4,6-7,10,15-16H,3,5,9H2,1-2H3. The van der Waals surface area contributed by atoms with Crippen molar-refractivity contribution in [3.05, 3.63) is 23.8 Å². The van der Waals surface area contributed by atoms with Crippen molar-refractivity contribution >= 4 is 17.4 Å². The summed E-state index contributed by atoms with van der Waals surface area (Å²) in [5, 5.41) is 21.9. The van der Waals surface area contributed by atoms with Crippen LogP contribution in [0.1, 0.15) is 25.3 Å². The molecule has 0 spiro atoms. The molecule has 1 unspecified atom stereocenters. The van der Waals surface area contributed by atoms with Gasteiger partial charge in [-0.15, -0.1) is 11.8 Å². The van der Waals surface area contributed by atoms with Crippen LogP contribution in [0.3, 0.4) is 0 Å². The molecule has 0 heterocycles. The van der Waals surface area contributed by atoms with Gasteiger partial charge in [0.25, 0.3) is 0 Å². The molecule has 0 aliphatic heterocycles. The van der Waals surface area contributed by atoms with Crippen LogP contribution in [-0.4, -0.2) is 24.0 Å². The minimum atomic E-state index is -0.357. The van der Waals surface area contributed by atoms with Crippen LogP contribution in [0, 0.1) is 11.3 Å². The summed E-state index contributed by atoms with van der Waals surface area (Å²) in [5.74, 6) is 0. The Hall–Kier alpha value is -1.18. The van der Waals surface area contributed by atoms with Crippen LogP contribution in [-0.2, 0) is 0 Å². The van der Waals surface area contributed by atoms with E-state index in [9.17, 15) is 5.11 Å². The first-order valence-corrected chi connectivity index (χ1v) is 6.94. The number of thioether (sulfide) groups is 1. The number of nitrogens with one attached hydrogen (secondary N) is 1. The van der Waals surface area contributed by atoms with Crippen molar-refractivity contribution in [2.75, 3.05) is 18.1 Å². The molecule has 1 aromatic carbocycles. The third-order valence-electron chi connectivity index (χ3n) is 2.51. The van der Waals surface area contributed by atoms with Crippen LogP contribution in [0.2, 0.25) is 0 Å². The van der Waals surface area contributed by atoms with Crippen molar-refractivity contribution in [2.45, 2.75) is 30.8 Å². The highest BCUT2D eigenvalue weighted by Gasteiger charge is 2.08. The highest BCUT2D eigenvalue weighted by molar-refractivity contribution is 7.98. The molecule has 1 aromatic rings. The van der Waals surface area contributed by atoms with Gasteiger partial charge in [-0.2, -0.15) is 5.26 Å². The third-order valence-corrected chi connectivity index (χ3v) is 3.29. The first-order valence-electron chi connectivity index (χ1n) is 5.72. The summed E-state index contributed by atoms with van der Waals surface area (Å²) in [6, 6.07) is 7.92. The van der Waals surface area contributed by atoms with E-state index in [0.717, 1.165) is 23.4 Å². The van der Waals surface area contributed by atoms with Gasteiger partial charge in [0.05, 0.1) is 17.4 Å². The summed E-state index contributed by atoms with van der Waals surface area (Å²) in [7, 11) is 0. The molecule has 17 heavy (non-hydrogen) atoms. The molecule has 0 fully saturated rings. The number of nitrogens with zero attached hydrogens (tertiary/aromatic N) is 1. The Bertz CT molecular complexity index is 401. The molecule has 0 saturated carbocycles. The second-order valence-corrected chi connectivity index (χ2v) is 4.67. The summed E-state index contributed by atoms with van der Waals surface area (Å²) in [4.78, 5) is 0.961. The van der Waals surface area contributed by atoms with Gasteiger partial charge in [-0.1, -0.05) is 19.4 Å². The van der Waals surface area contributed by atoms with Crippen molar-refractivity contribution in [3.63, 3.8) is 0 Å². The lowest BCUT2D eigenvalue weighted by atomic mass is 10.1. The van der Waals surface area contributed by atoms with Crippen molar-refractivity contribution in [2.24, 2.45) is 0 Å². The Kier molecular flexibility index (Phi) is 5.88. The maximum Gasteiger partial charge on any atom is 0.102 e. The predicted molar refractivity (Wildman–Crippen MR) is 72.3 cm³/mol. The van der Waals surface area contributed by atoms with Crippen molar-refractivity contribution < 1.29 is 5.11 Å². The highest BCUT2D eigenvalue weighted by atomic mass is 32.2. The number of nitriles is 1. The van der Waals surface area contributed by atoms with E-state index in [2.05, 4.69) is 11.4 Å². The number of aliphatic hydroxyl groups is 1. The average Bonchev–Trinajstić information content (AvgIpc) is 2.36. The van der Waals surface area contributed by atoms with Gasteiger partial charge in [-0.3, -0.25) is 0 Å². The Morgan fingerprint density at radius 1 is 1.53 bits per heavy atom. The summed E-state index contributed by atoms with van der Waals surface area (Å²) in [5.41, 5.74) is 1.46. The quantitative estimate of drug-likeness (QED) is 0.762. The number of hydrogen-bond acceptors (Lipinski definition) is 4. The van der Waals surface area contributed by atoms with E-state index in [0.29, 0.717) is 12.1 Å². The van der Waals surface area contributed by atoms with Gasteiger partial charge in [-0.25, -0.2) is 0 Å². The lowest BCUT2D eigenvalue weighted by molar-refractivity contribution is 0.176.